The average molecular weight is 433 g/mol. The number of nitrogens with zero attached hydrogens (tertiary/aromatic N) is 2. The van der Waals surface area contributed by atoms with Crippen molar-refractivity contribution in [3.63, 3.8) is 0 Å². The van der Waals surface area contributed by atoms with Crippen LogP contribution < -0.4 is 15.9 Å². The number of rotatable bonds is 6. The van der Waals surface area contributed by atoms with Gasteiger partial charge in [-0.15, -0.1) is 11.3 Å². The fourth-order valence-electron chi connectivity index (χ4n) is 2.79. The maximum atomic E-state index is 14.6. The van der Waals surface area contributed by atoms with Gasteiger partial charge in [-0.2, -0.15) is 5.10 Å². The zero-order chi connectivity index (χ0) is 21.0. The Morgan fingerprint density at radius 1 is 1.38 bits per heavy atom. The van der Waals surface area contributed by atoms with E-state index in [0.29, 0.717) is 16.3 Å². The van der Waals surface area contributed by atoms with Crippen molar-refractivity contribution in [2.45, 2.75) is 6.10 Å². The third-order valence-electron chi connectivity index (χ3n) is 4.17. The topological polar surface area (TPSA) is 92.8 Å². The third-order valence-corrected chi connectivity index (χ3v) is 5.67. The zero-order valence-corrected chi connectivity index (χ0v) is 17.0. The van der Waals surface area contributed by atoms with Crippen LogP contribution in [0.25, 0.3) is 10.4 Å². The van der Waals surface area contributed by atoms with Crippen molar-refractivity contribution >= 4 is 28.8 Å². The lowest BCUT2D eigenvalue weighted by atomic mass is 9.99. The SMILES string of the molecule is C=CN/C(=N\N)c1sc(-c2ccncc2)cc1C(O)c1cc(OC)c(Cl)cc1F. The van der Waals surface area contributed by atoms with Crippen LogP contribution in [0.4, 0.5) is 4.39 Å². The van der Waals surface area contributed by atoms with Crippen LogP contribution in [-0.4, -0.2) is 23.0 Å². The molecule has 0 bridgehead atoms. The molecule has 6 nitrogen and oxygen atoms in total. The Morgan fingerprint density at radius 3 is 2.72 bits per heavy atom. The molecule has 0 amide bonds. The normalized spacial score (nSPS) is 12.5. The molecule has 2 aromatic heterocycles. The van der Waals surface area contributed by atoms with E-state index in [4.69, 9.17) is 22.2 Å². The molecule has 0 aliphatic heterocycles. The number of aliphatic hydroxyl groups is 1. The summed E-state index contributed by atoms with van der Waals surface area (Å²) in [6, 6.07) is 7.90. The third kappa shape index (κ3) is 4.24. The standard InChI is InChI=1S/C20H18ClFN4O2S/c1-3-25-20(26-23)19-13(9-17(29-19)11-4-6-24-7-5-11)18(27)12-8-16(28-2)14(21)10-15(12)22/h3-10,18,27H,1,23H2,2H3,(H,25,26). The minimum absolute atomic E-state index is 0.0153. The van der Waals surface area contributed by atoms with E-state index >= 15 is 0 Å². The summed E-state index contributed by atoms with van der Waals surface area (Å²) in [5, 5.41) is 17.7. The summed E-state index contributed by atoms with van der Waals surface area (Å²) in [4.78, 5) is 5.38. The minimum Gasteiger partial charge on any atom is -0.495 e. The molecule has 4 N–H and O–H groups in total. The van der Waals surface area contributed by atoms with Gasteiger partial charge in [0, 0.05) is 28.4 Å². The summed E-state index contributed by atoms with van der Waals surface area (Å²) >= 11 is 7.31. The number of nitrogens with two attached hydrogens (primary N) is 1. The van der Waals surface area contributed by atoms with Crippen LogP contribution >= 0.6 is 22.9 Å². The molecule has 29 heavy (non-hydrogen) atoms. The van der Waals surface area contributed by atoms with Gasteiger partial charge in [-0.3, -0.25) is 4.98 Å². The molecule has 3 aromatic rings. The number of benzene rings is 1. The molecule has 3 rings (SSSR count). The number of hydrogen-bond donors (Lipinski definition) is 3. The first-order chi connectivity index (χ1) is 14.0. The van der Waals surface area contributed by atoms with Gasteiger partial charge in [0.1, 0.15) is 17.7 Å². The van der Waals surface area contributed by atoms with Gasteiger partial charge >= 0.3 is 0 Å². The van der Waals surface area contributed by atoms with Crippen molar-refractivity contribution in [2.24, 2.45) is 10.9 Å². The van der Waals surface area contributed by atoms with E-state index < -0.39 is 11.9 Å². The van der Waals surface area contributed by atoms with Crippen LogP contribution in [0.3, 0.4) is 0 Å². The molecule has 0 radical (unpaired) electrons. The molecule has 0 saturated heterocycles. The van der Waals surface area contributed by atoms with E-state index in [1.165, 1.54) is 30.7 Å². The predicted molar refractivity (Wildman–Crippen MR) is 114 cm³/mol. The second-order valence-corrected chi connectivity index (χ2v) is 7.33. The molecule has 1 atom stereocenters. The van der Waals surface area contributed by atoms with Crippen molar-refractivity contribution in [1.29, 1.82) is 0 Å². The lowest BCUT2D eigenvalue weighted by Gasteiger charge is -2.15. The number of pyridine rings is 1. The lowest BCUT2D eigenvalue weighted by molar-refractivity contribution is 0.214. The van der Waals surface area contributed by atoms with Gasteiger partial charge in [-0.25, -0.2) is 4.39 Å². The van der Waals surface area contributed by atoms with Gasteiger partial charge in [0.2, 0.25) is 0 Å². The van der Waals surface area contributed by atoms with Crippen LogP contribution in [0.15, 0.2) is 60.6 Å². The fourth-order valence-corrected chi connectivity index (χ4v) is 4.17. The molecule has 1 aromatic carbocycles. The minimum atomic E-state index is -1.31. The number of aromatic nitrogens is 1. The second-order valence-electron chi connectivity index (χ2n) is 5.87. The van der Waals surface area contributed by atoms with Crippen molar-refractivity contribution in [3.05, 3.63) is 82.3 Å². The second kappa shape index (κ2) is 9.04. The molecule has 2 heterocycles. The summed E-state index contributed by atoms with van der Waals surface area (Å²) < 4.78 is 19.8. The first-order valence-corrected chi connectivity index (χ1v) is 9.60. The largest absolute Gasteiger partial charge is 0.495 e. The highest BCUT2D eigenvalue weighted by atomic mass is 35.5. The van der Waals surface area contributed by atoms with E-state index in [2.05, 4.69) is 22.0 Å². The Kier molecular flexibility index (Phi) is 6.48. The highest BCUT2D eigenvalue weighted by Crippen LogP contribution is 2.39. The van der Waals surface area contributed by atoms with Gasteiger partial charge < -0.3 is 21.0 Å². The summed E-state index contributed by atoms with van der Waals surface area (Å²) in [6.45, 7) is 3.61. The molecule has 1 unspecified atom stereocenters. The smallest absolute Gasteiger partial charge is 0.167 e. The summed E-state index contributed by atoms with van der Waals surface area (Å²) in [6.07, 6.45) is 3.43. The summed E-state index contributed by atoms with van der Waals surface area (Å²) in [5.41, 5.74) is 1.32. The van der Waals surface area contributed by atoms with Crippen LogP contribution in [-0.2, 0) is 0 Å². The van der Waals surface area contributed by atoms with Crippen LogP contribution in [0.2, 0.25) is 5.02 Å². The van der Waals surface area contributed by atoms with Gasteiger partial charge in [0.05, 0.1) is 17.0 Å². The van der Waals surface area contributed by atoms with Crippen molar-refractivity contribution in [2.75, 3.05) is 7.11 Å². The van der Waals surface area contributed by atoms with E-state index in [1.54, 1.807) is 18.5 Å². The van der Waals surface area contributed by atoms with Crippen LogP contribution in [0.5, 0.6) is 5.75 Å². The lowest BCUT2D eigenvalue weighted by Crippen LogP contribution is -2.21. The zero-order valence-electron chi connectivity index (χ0n) is 15.4. The number of hydrazone groups is 1. The highest BCUT2D eigenvalue weighted by molar-refractivity contribution is 7.17. The van der Waals surface area contributed by atoms with Gasteiger partial charge in [-0.1, -0.05) is 18.2 Å². The number of amidine groups is 1. The number of halogens is 2. The van der Waals surface area contributed by atoms with Gasteiger partial charge in [0.25, 0.3) is 0 Å². The van der Waals surface area contributed by atoms with Crippen molar-refractivity contribution in [1.82, 2.24) is 10.3 Å². The quantitative estimate of drug-likeness (QED) is 0.236. The van der Waals surface area contributed by atoms with Crippen LogP contribution in [0.1, 0.15) is 22.1 Å². The number of aliphatic hydroxyl groups excluding tert-OH is 1. The van der Waals surface area contributed by atoms with E-state index in [0.717, 1.165) is 16.5 Å². The molecule has 0 aliphatic carbocycles. The van der Waals surface area contributed by atoms with Crippen molar-refractivity contribution in [3.8, 4) is 16.2 Å². The van der Waals surface area contributed by atoms with E-state index in [9.17, 15) is 9.50 Å². The fraction of sp³-hybridized carbons (Fsp3) is 0.100. The number of nitrogens with one attached hydrogen (secondary N) is 1. The number of thiophene rings is 1. The Hall–Kier alpha value is -2.94. The van der Waals surface area contributed by atoms with Gasteiger partial charge in [0.15, 0.2) is 5.84 Å². The van der Waals surface area contributed by atoms with E-state index in [-0.39, 0.29) is 16.3 Å². The molecule has 150 valence electrons. The maximum absolute atomic E-state index is 14.6. The molecule has 0 fully saturated rings. The Labute approximate surface area is 176 Å². The number of methoxy groups -OCH3 is 1. The first kappa shape index (κ1) is 20.8. The molecule has 9 heteroatoms. The molecule has 0 saturated carbocycles. The molecule has 0 aliphatic rings. The van der Waals surface area contributed by atoms with E-state index in [1.807, 2.05) is 12.1 Å². The first-order valence-electron chi connectivity index (χ1n) is 8.41. The average Bonchev–Trinajstić information content (AvgIpc) is 3.17. The van der Waals surface area contributed by atoms with Crippen LogP contribution in [0, 0.1) is 5.82 Å². The molecular formula is C20H18ClFN4O2S. The highest BCUT2D eigenvalue weighted by Gasteiger charge is 2.25. The summed E-state index contributed by atoms with van der Waals surface area (Å²) in [7, 11) is 1.42. The monoisotopic (exact) mass is 432 g/mol. The number of hydrogen-bond acceptors (Lipinski definition) is 6. The maximum Gasteiger partial charge on any atom is 0.167 e. The summed E-state index contributed by atoms with van der Waals surface area (Å²) in [5.74, 6) is 5.41. The van der Waals surface area contributed by atoms with Crippen molar-refractivity contribution < 1.29 is 14.2 Å². The predicted octanol–water partition coefficient (Wildman–Crippen LogP) is 4.05. The molecule has 0 spiro atoms. The van der Waals surface area contributed by atoms with Gasteiger partial charge in [-0.05, 0) is 42.1 Å². The Bertz CT molecular complexity index is 1060. The Morgan fingerprint density at radius 2 is 2.10 bits per heavy atom. The Balaban J connectivity index is 2.17. The number of ether oxygens (including phenoxy) is 1. The molecular weight excluding hydrogens is 415 g/mol.